The molecule has 1 aliphatic carbocycles. The van der Waals surface area contributed by atoms with Gasteiger partial charge in [0.2, 0.25) is 0 Å². The Labute approximate surface area is 128 Å². The molecule has 0 saturated carbocycles. The van der Waals surface area contributed by atoms with E-state index in [0.29, 0.717) is 0 Å². The minimum atomic E-state index is -0.0702. The largest absolute Gasteiger partial charge is 0.320 e. The molecule has 3 heteroatoms. The second kappa shape index (κ2) is 5.24. The van der Waals surface area contributed by atoms with E-state index in [-0.39, 0.29) is 6.04 Å². The number of nitrogens with zero attached hydrogens (tertiary/aromatic N) is 1. The van der Waals surface area contributed by atoms with Gasteiger partial charge in [-0.25, -0.2) is 0 Å². The maximum absolute atomic E-state index is 6.56. The molecule has 2 nitrogen and oxygen atoms in total. The summed E-state index contributed by atoms with van der Waals surface area (Å²) in [5.74, 6) is 0. The molecule has 1 atom stereocenters. The van der Waals surface area contributed by atoms with Crippen LogP contribution in [-0.2, 0) is 12.8 Å². The number of pyridine rings is 1. The summed E-state index contributed by atoms with van der Waals surface area (Å²) in [5, 5.41) is 1.16. The number of aromatic nitrogens is 1. The number of para-hydroxylation sites is 1. The molecule has 106 valence electrons. The van der Waals surface area contributed by atoms with Crippen LogP contribution < -0.4 is 5.73 Å². The van der Waals surface area contributed by atoms with Crippen LogP contribution in [0.3, 0.4) is 0 Å². The molecule has 2 N–H and O–H groups in total. The number of nitrogens with two attached hydrogens (primary N) is 1. The fourth-order valence-corrected chi connectivity index (χ4v) is 4.48. The first-order valence-corrected chi connectivity index (χ1v) is 8.35. The van der Waals surface area contributed by atoms with Crippen LogP contribution in [0, 0.1) is 0 Å². The lowest BCUT2D eigenvalue weighted by molar-refractivity contribution is 0.696. The van der Waals surface area contributed by atoms with Crippen molar-refractivity contribution in [2.45, 2.75) is 31.7 Å². The van der Waals surface area contributed by atoms with Crippen molar-refractivity contribution in [2.75, 3.05) is 0 Å². The van der Waals surface area contributed by atoms with Gasteiger partial charge in [0.25, 0.3) is 0 Å². The lowest BCUT2D eigenvalue weighted by Crippen LogP contribution is -2.11. The third-order valence-corrected chi connectivity index (χ3v) is 5.64. The Hall–Kier alpha value is -1.71. The number of hydrogen-bond donors (Lipinski definition) is 1. The Morgan fingerprint density at radius 3 is 2.86 bits per heavy atom. The van der Waals surface area contributed by atoms with Crippen molar-refractivity contribution in [3.05, 3.63) is 63.5 Å². The molecule has 1 aromatic carbocycles. The lowest BCUT2D eigenvalue weighted by Gasteiger charge is -2.12. The first kappa shape index (κ1) is 13.0. The van der Waals surface area contributed by atoms with E-state index in [0.717, 1.165) is 16.5 Å². The topological polar surface area (TPSA) is 38.9 Å². The molecule has 3 aromatic rings. The second-order valence-electron chi connectivity index (χ2n) is 5.70. The Morgan fingerprint density at radius 2 is 1.95 bits per heavy atom. The van der Waals surface area contributed by atoms with Gasteiger partial charge in [-0.3, -0.25) is 4.98 Å². The number of fused-ring (bicyclic) bond motifs is 2. The highest BCUT2D eigenvalue weighted by atomic mass is 32.1. The second-order valence-corrected chi connectivity index (χ2v) is 6.87. The van der Waals surface area contributed by atoms with Crippen molar-refractivity contribution in [2.24, 2.45) is 5.73 Å². The van der Waals surface area contributed by atoms with Crippen LogP contribution in [0.1, 0.15) is 39.8 Å². The van der Waals surface area contributed by atoms with Crippen LogP contribution in [0.15, 0.2) is 42.6 Å². The van der Waals surface area contributed by atoms with E-state index in [1.54, 1.807) is 4.88 Å². The third kappa shape index (κ3) is 2.27. The normalized spacial score (nSPS) is 15.9. The smallest absolute Gasteiger partial charge is 0.0753 e. The zero-order valence-electron chi connectivity index (χ0n) is 11.9. The molecule has 2 aromatic heterocycles. The van der Waals surface area contributed by atoms with Gasteiger partial charge in [-0.2, -0.15) is 0 Å². The Bertz CT molecular complexity index is 762. The van der Waals surface area contributed by atoms with Gasteiger partial charge in [-0.1, -0.05) is 24.3 Å². The predicted molar refractivity (Wildman–Crippen MR) is 88.7 cm³/mol. The maximum Gasteiger partial charge on any atom is 0.0753 e. The molecule has 21 heavy (non-hydrogen) atoms. The van der Waals surface area contributed by atoms with E-state index in [1.165, 1.54) is 36.1 Å². The van der Waals surface area contributed by atoms with Crippen molar-refractivity contribution in [3.63, 3.8) is 0 Å². The average molecular weight is 294 g/mol. The Kier molecular flexibility index (Phi) is 3.24. The summed E-state index contributed by atoms with van der Waals surface area (Å²) < 4.78 is 0. The molecular formula is C18H18N2S. The van der Waals surface area contributed by atoms with E-state index in [4.69, 9.17) is 5.73 Å². The summed E-state index contributed by atoms with van der Waals surface area (Å²) in [7, 11) is 0. The van der Waals surface area contributed by atoms with Crippen LogP contribution in [0.2, 0.25) is 0 Å². The lowest BCUT2D eigenvalue weighted by atomic mass is 9.97. The summed E-state index contributed by atoms with van der Waals surface area (Å²) >= 11 is 1.89. The highest BCUT2D eigenvalue weighted by Crippen LogP contribution is 2.35. The summed E-state index contributed by atoms with van der Waals surface area (Å²) in [6.45, 7) is 0. The van der Waals surface area contributed by atoms with Crippen molar-refractivity contribution >= 4 is 22.2 Å². The third-order valence-electron chi connectivity index (χ3n) is 4.32. The Morgan fingerprint density at radius 1 is 1.10 bits per heavy atom. The molecule has 4 rings (SSSR count). The summed E-state index contributed by atoms with van der Waals surface area (Å²) in [6, 6.07) is 12.6. The van der Waals surface area contributed by atoms with Gasteiger partial charge >= 0.3 is 0 Å². The number of rotatable bonds is 2. The molecule has 0 saturated heterocycles. The van der Waals surface area contributed by atoms with Gasteiger partial charge in [0.15, 0.2) is 0 Å². The highest BCUT2D eigenvalue weighted by molar-refractivity contribution is 7.12. The van der Waals surface area contributed by atoms with E-state index in [2.05, 4.69) is 35.3 Å². The molecule has 0 amide bonds. The SMILES string of the molecule is NC(c1cc2c(s1)CCCC2)c1cccc2cccnc12. The molecule has 1 aliphatic rings. The quantitative estimate of drug-likeness (QED) is 0.768. The minimum absolute atomic E-state index is 0.0702. The molecule has 0 radical (unpaired) electrons. The van der Waals surface area contributed by atoms with Crippen LogP contribution in [0.25, 0.3) is 10.9 Å². The van der Waals surface area contributed by atoms with E-state index in [9.17, 15) is 0 Å². The maximum atomic E-state index is 6.56. The number of thiophene rings is 1. The molecule has 0 fully saturated rings. The zero-order chi connectivity index (χ0) is 14.2. The van der Waals surface area contributed by atoms with Gasteiger partial charge in [-0.15, -0.1) is 11.3 Å². The summed E-state index contributed by atoms with van der Waals surface area (Å²) in [5.41, 5.74) is 10.2. The molecule has 0 spiro atoms. The minimum Gasteiger partial charge on any atom is -0.320 e. The van der Waals surface area contributed by atoms with Crippen LogP contribution in [0.4, 0.5) is 0 Å². The number of benzene rings is 1. The molecule has 2 heterocycles. The van der Waals surface area contributed by atoms with Crippen LogP contribution >= 0.6 is 11.3 Å². The first-order chi connectivity index (χ1) is 10.3. The van der Waals surface area contributed by atoms with Crippen molar-refractivity contribution in [1.82, 2.24) is 4.98 Å². The van der Waals surface area contributed by atoms with E-state index in [1.807, 2.05) is 23.6 Å². The fourth-order valence-electron chi connectivity index (χ4n) is 3.20. The zero-order valence-corrected chi connectivity index (χ0v) is 12.7. The summed E-state index contributed by atoms with van der Waals surface area (Å²) in [6.07, 6.45) is 6.91. The average Bonchev–Trinajstić information content (AvgIpc) is 2.97. The predicted octanol–water partition coefficient (Wildman–Crippen LogP) is 4.22. The molecule has 1 unspecified atom stereocenters. The van der Waals surface area contributed by atoms with Gasteiger partial charge < -0.3 is 5.73 Å². The monoisotopic (exact) mass is 294 g/mol. The van der Waals surface area contributed by atoms with Crippen LogP contribution in [-0.4, -0.2) is 4.98 Å². The van der Waals surface area contributed by atoms with Gasteiger partial charge in [0.05, 0.1) is 11.6 Å². The van der Waals surface area contributed by atoms with Gasteiger partial charge in [0, 0.05) is 26.9 Å². The highest BCUT2D eigenvalue weighted by Gasteiger charge is 2.19. The standard InChI is InChI=1S/C18H18N2S/c19-17(16-11-13-5-1-2-9-15(13)21-16)14-8-3-6-12-7-4-10-20-18(12)14/h3-4,6-8,10-11,17H,1-2,5,9,19H2. The molecular weight excluding hydrogens is 276 g/mol. The molecule has 0 bridgehead atoms. The molecule has 0 aliphatic heterocycles. The fraction of sp³-hybridized carbons (Fsp3) is 0.278. The summed E-state index contributed by atoms with van der Waals surface area (Å²) in [4.78, 5) is 7.35. The van der Waals surface area contributed by atoms with Crippen LogP contribution in [0.5, 0.6) is 0 Å². The van der Waals surface area contributed by atoms with Gasteiger partial charge in [0.1, 0.15) is 0 Å². The van der Waals surface area contributed by atoms with Crippen molar-refractivity contribution in [1.29, 1.82) is 0 Å². The van der Waals surface area contributed by atoms with Crippen molar-refractivity contribution < 1.29 is 0 Å². The van der Waals surface area contributed by atoms with Crippen molar-refractivity contribution in [3.8, 4) is 0 Å². The number of aryl methyl sites for hydroxylation is 2. The van der Waals surface area contributed by atoms with E-state index < -0.39 is 0 Å². The Balaban J connectivity index is 1.79. The van der Waals surface area contributed by atoms with E-state index >= 15 is 0 Å². The first-order valence-electron chi connectivity index (χ1n) is 7.53. The number of hydrogen-bond acceptors (Lipinski definition) is 3. The van der Waals surface area contributed by atoms with Gasteiger partial charge in [-0.05, 0) is 43.4 Å².